The summed E-state index contributed by atoms with van der Waals surface area (Å²) in [5.41, 5.74) is 3.46. The Labute approximate surface area is 200 Å². The van der Waals surface area contributed by atoms with Crippen LogP contribution in [-0.4, -0.2) is 45.9 Å². The molecule has 6 nitrogen and oxygen atoms in total. The molecule has 0 radical (unpaired) electrons. The highest BCUT2D eigenvalue weighted by atomic mass is 35.5. The molecule has 3 heterocycles. The Morgan fingerprint density at radius 1 is 1.00 bits per heavy atom. The summed E-state index contributed by atoms with van der Waals surface area (Å²) in [4.78, 5) is 26.1. The van der Waals surface area contributed by atoms with Crippen LogP contribution < -0.4 is 5.56 Å². The average molecular weight is 476 g/mol. The number of benzene rings is 2. The molecule has 0 atom stereocenters. The second-order valence-electron chi connectivity index (χ2n) is 8.18. The number of H-pyrrole nitrogens is 1. The lowest BCUT2D eigenvalue weighted by Crippen LogP contribution is -2.45. The van der Waals surface area contributed by atoms with Crippen molar-refractivity contribution in [2.45, 2.75) is 13.1 Å². The SMILES string of the molecule is N#Cc1ccc(CN2CCN(Cc3nc4scc(-c5ccccc5Cl)c4c(=O)[nH]3)CC2)cc1. The standard InChI is InChI=1S/C25H22ClN5OS/c26-21-4-2-1-3-19(21)20-16-33-25-23(20)24(32)28-22(29-25)15-31-11-9-30(10-12-31)14-18-7-5-17(13-27)6-8-18/h1-8,16H,9-12,14-15H2,(H,28,29,32). The summed E-state index contributed by atoms with van der Waals surface area (Å²) < 4.78 is 0. The summed E-state index contributed by atoms with van der Waals surface area (Å²) in [7, 11) is 0. The fraction of sp³-hybridized carbons (Fsp3) is 0.240. The van der Waals surface area contributed by atoms with Crippen LogP contribution in [0.25, 0.3) is 21.3 Å². The molecule has 5 rings (SSSR count). The van der Waals surface area contributed by atoms with E-state index >= 15 is 0 Å². The fourth-order valence-electron chi connectivity index (χ4n) is 4.21. The molecule has 2 aromatic carbocycles. The molecule has 2 aromatic heterocycles. The highest BCUT2D eigenvalue weighted by molar-refractivity contribution is 7.17. The molecule has 4 aromatic rings. The van der Waals surface area contributed by atoms with Gasteiger partial charge < -0.3 is 4.98 Å². The van der Waals surface area contributed by atoms with E-state index in [0.717, 1.165) is 48.7 Å². The Kier molecular flexibility index (Phi) is 6.25. The number of nitriles is 1. The third-order valence-electron chi connectivity index (χ3n) is 5.98. The van der Waals surface area contributed by atoms with Gasteiger partial charge in [-0.15, -0.1) is 11.3 Å². The molecular formula is C25H22ClN5OS. The molecule has 1 aliphatic heterocycles. The minimum absolute atomic E-state index is 0.120. The summed E-state index contributed by atoms with van der Waals surface area (Å²) in [5, 5.41) is 12.1. The Balaban J connectivity index is 1.25. The number of aromatic nitrogens is 2. The predicted molar refractivity (Wildman–Crippen MR) is 132 cm³/mol. The summed E-state index contributed by atoms with van der Waals surface area (Å²) >= 11 is 7.83. The first-order valence-electron chi connectivity index (χ1n) is 10.8. The van der Waals surface area contributed by atoms with Gasteiger partial charge in [-0.2, -0.15) is 5.26 Å². The number of halogens is 1. The summed E-state index contributed by atoms with van der Waals surface area (Å²) in [6, 6.07) is 17.5. The molecule has 0 aliphatic carbocycles. The molecule has 1 saturated heterocycles. The van der Waals surface area contributed by atoms with Crippen LogP contribution in [0.15, 0.2) is 58.7 Å². The molecule has 1 N–H and O–H groups in total. The van der Waals surface area contributed by atoms with E-state index in [9.17, 15) is 4.79 Å². The monoisotopic (exact) mass is 475 g/mol. The normalized spacial score (nSPS) is 15.0. The largest absolute Gasteiger partial charge is 0.309 e. The molecule has 1 aliphatic rings. The quantitative estimate of drug-likeness (QED) is 0.460. The summed E-state index contributed by atoms with van der Waals surface area (Å²) in [6.45, 7) is 5.21. The third kappa shape index (κ3) is 4.70. The molecule has 8 heteroatoms. The molecule has 1 fully saturated rings. The number of fused-ring (bicyclic) bond motifs is 1. The van der Waals surface area contributed by atoms with E-state index in [-0.39, 0.29) is 5.56 Å². The van der Waals surface area contributed by atoms with Gasteiger partial charge >= 0.3 is 0 Å². The number of nitrogens with one attached hydrogen (secondary N) is 1. The molecule has 0 amide bonds. The summed E-state index contributed by atoms with van der Waals surface area (Å²) in [6.07, 6.45) is 0. The average Bonchev–Trinajstić information content (AvgIpc) is 3.25. The van der Waals surface area contributed by atoms with Crippen molar-refractivity contribution in [3.05, 3.63) is 86.2 Å². The van der Waals surface area contributed by atoms with Gasteiger partial charge in [0.05, 0.1) is 23.6 Å². The van der Waals surface area contributed by atoms with E-state index in [4.69, 9.17) is 21.8 Å². The van der Waals surface area contributed by atoms with Crippen molar-refractivity contribution in [1.82, 2.24) is 19.8 Å². The van der Waals surface area contributed by atoms with Gasteiger partial charge in [-0.25, -0.2) is 4.98 Å². The van der Waals surface area contributed by atoms with Gasteiger partial charge in [0.2, 0.25) is 0 Å². The van der Waals surface area contributed by atoms with Gasteiger partial charge in [0.1, 0.15) is 10.7 Å². The van der Waals surface area contributed by atoms with Gasteiger partial charge in [-0.3, -0.25) is 14.6 Å². The number of piperazine rings is 1. The minimum atomic E-state index is -0.120. The number of hydrogen-bond acceptors (Lipinski definition) is 6. The molecule has 0 saturated carbocycles. The van der Waals surface area contributed by atoms with Crippen molar-refractivity contribution in [1.29, 1.82) is 5.26 Å². The van der Waals surface area contributed by atoms with Crippen molar-refractivity contribution >= 4 is 33.2 Å². The lowest BCUT2D eigenvalue weighted by atomic mass is 10.1. The lowest BCUT2D eigenvalue weighted by molar-refractivity contribution is 0.120. The van der Waals surface area contributed by atoms with E-state index in [1.807, 2.05) is 53.9 Å². The van der Waals surface area contributed by atoms with Crippen LogP contribution in [0.2, 0.25) is 5.02 Å². The van der Waals surface area contributed by atoms with Crippen molar-refractivity contribution in [2.24, 2.45) is 0 Å². The molecule has 0 unspecified atom stereocenters. The van der Waals surface area contributed by atoms with Crippen LogP contribution in [-0.2, 0) is 13.1 Å². The van der Waals surface area contributed by atoms with E-state index in [1.165, 1.54) is 16.9 Å². The van der Waals surface area contributed by atoms with Crippen LogP contribution in [0.5, 0.6) is 0 Å². The van der Waals surface area contributed by atoms with Gasteiger partial charge in [0.15, 0.2) is 0 Å². The van der Waals surface area contributed by atoms with Crippen LogP contribution in [0.1, 0.15) is 17.0 Å². The first-order valence-corrected chi connectivity index (χ1v) is 12.1. The number of hydrogen-bond donors (Lipinski definition) is 1. The summed E-state index contributed by atoms with van der Waals surface area (Å²) in [5.74, 6) is 0.695. The number of thiophene rings is 1. The van der Waals surface area contributed by atoms with Gasteiger partial charge in [0, 0.05) is 54.3 Å². The number of nitrogens with zero attached hydrogens (tertiary/aromatic N) is 4. The molecule has 0 spiro atoms. The molecular weight excluding hydrogens is 454 g/mol. The Morgan fingerprint density at radius 2 is 1.70 bits per heavy atom. The van der Waals surface area contributed by atoms with Crippen LogP contribution in [0.4, 0.5) is 0 Å². The van der Waals surface area contributed by atoms with Gasteiger partial charge in [-0.05, 0) is 23.8 Å². The second-order valence-corrected chi connectivity index (χ2v) is 9.45. The predicted octanol–water partition coefficient (Wildman–Crippen LogP) is 4.49. The molecule has 33 heavy (non-hydrogen) atoms. The second kappa shape index (κ2) is 9.46. The third-order valence-corrected chi connectivity index (χ3v) is 7.19. The first-order chi connectivity index (χ1) is 16.1. The van der Waals surface area contributed by atoms with Gasteiger partial charge in [-0.1, -0.05) is 41.9 Å². The van der Waals surface area contributed by atoms with Crippen molar-refractivity contribution in [3.8, 4) is 17.2 Å². The lowest BCUT2D eigenvalue weighted by Gasteiger charge is -2.34. The van der Waals surface area contributed by atoms with Crippen molar-refractivity contribution < 1.29 is 0 Å². The maximum atomic E-state index is 12.9. The highest BCUT2D eigenvalue weighted by Crippen LogP contribution is 2.34. The Morgan fingerprint density at radius 3 is 2.39 bits per heavy atom. The van der Waals surface area contributed by atoms with Crippen LogP contribution in [0, 0.1) is 11.3 Å². The van der Waals surface area contributed by atoms with E-state index in [1.54, 1.807) is 0 Å². The van der Waals surface area contributed by atoms with Crippen LogP contribution in [0.3, 0.4) is 0 Å². The van der Waals surface area contributed by atoms with E-state index < -0.39 is 0 Å². The van der Waals surface area contributed by atoms with Crippen molar-refractivity contribution in [2.75, 3.05) is 26.2 Å². The smallest absolute Gasteiger partial charge is 0.260 e. The van der Waals surface area contributed by atoms with E-state index in [0.29, 0.717) is 28.3 Å². The highest BCUT2D eigenvalue weighted by Gasteiger charge is 2.20. The molecule has 0 bridgehead atoms. The topological polar surface area (TPSA) is 76.0 Å². The zero-order valence-corrected chi connectivity index (χ0v) is 19.5. The van der Waals surface area contributed by atoms with Crippen LogP contribution >= 0.6 is 22.9 Å². The maximum absolute atomic E-state index is 12.9. The molecule has 166 valence electrons. The van der Waals surface area contributed by atoms with Gasteiger partial charge in [0.25, 0.3) is 5.56 Å². The number of aromatic amines is 1. The van der Waals surface area contributed by atoms with E-state index in [2.05, 4.69) is 20.9 Å². The maximum Gasteiger partial charge on any atom is 0.260 e. The Hall–Kier alpha value is -3.02. The zero-order valence-electron chi connectivity index (χ0n) is 17.9. The zero-order chi connectivity index (χ0) is 22.8. The number of rotatable bonds is 5. The fourth-order valence-corrected chi connectivity index (χ4v) is 5.40. The minimum Gasteiger partial charge on any atom is -0.309 e. The first kappa shape index (κ1) is 21.8. The van der Waals surface area contributed by atoms with Crippen molar-refractivity contribution in [3.63, 3.8) is 0 Å². The Bertz CT molecular complexity index is 1380.